The van der Waals surface area contributed by atoms with Crippen LogP contribution < -0.4 is 10.6 Å². The van der Waals surface area contributed by atoms with Crippen molar-refractivity contribution in [3.8, 4) is 0 Å². The van der Waals surface area contributed by atoms with Gasteiger partial charge >= 0.3 is 0 Å². The van der Waals surface area contributed by atoms with Gasteiger partial charge in [0.2, 0.25) is 0 Å². The Hall–Kier alpha value is -0.150. The number of hydrogen-bond donors (Lipinski definition) is 2. The minimum absolute atomic E-state index is 0.403. The van der Waals surface area contributed by atoms with E-state index in [1.54, 1.807) is 11.8 Å². The Bertz CT molecular complexity index is 73.8. The van der Waals surface area contributed by atoms with Crippen LogP contribution in [0, 0.1) is 0 Å². The zero-order chi connectivity index (χ0) is 5.11. The van der Waals surface area contributed by atoms with Crippen molar-refractivity contribution in [3.05, 3.63) is 11.6 Å². The third kappa shape index (κ3) is 1.11. The van der Waals surface area contributed by atoms with Crippen molar-refractivity contribution in [2.45, 2.75) is 5.50 Å². The van der Waals surface area contributed by atoms with Crippen molar-refractivity contribution < 1.29 is 0 Å². The molecule has 1 unspecified atom stereocenters. The molecule has 1 aliphatic rings. The van der Waals surface area contributed by atoms with E-state index in [-0.39, 0.29) is 0 Å². The van der Waals surface area contributed by atoms with Crippen LogP contribution in [0.5, 0.6) is 0 Å². The van der Waals surface area contributed by atoms with Gasteiger partial charge in [-0.2, -0.15) is 0 Å². The molecule has 0 aromatic heterocycles. The second-order valence-electron chi connectivity index (χ2n) is 1.27. The standard InChI is InChI=1S/C4H8N2S/c1-5-4-6-2-3-7-4/h2-6H,1H3. The predicted molar refractivity (Wildman–Crippen MR) is 32.7 cm³/mol. The van der Waals surface area contributed by atoms with Crippen molar-refractivity contribution in [2.24, 2.45) is 0 Å². The van der Waals surface area contributed by atoms with Crippen LogP contribution in [0.3, 0.4) is 0 Å². The first kappa shape index (κ1) is 5.00. The Morgan fingerprint density at radius 1 is 1.86 bits per heavy atom. The summed E-state index contributed by atoms with van der Waals surface area (Å²) in [6.07, 6.45) is 1.94. The van der Waals surface area contributed by atoms with Crippen LogP contribution >= 0.6 is 11.8 Å². The quantitative estimate of drug-likeness (QED) is 0.515. The first-order valence-electron chi connectivity index (χ1n) is 2.17. The van der Waals surface area contributed by atoms with Gasteiger partial charge in [0.1, 0.15) is 5.50 Å². The number of nitrogens with one attached hydrogen (secondary N) is 2. The van der Waals surface area contributed by atoms with Gasteiger partial charge in [-0.05, 0) is 12.5 Å². The Balaban J connectivity index is 2.22. The molecule has 0 aromatic carbocycles. The normalized spacial score (nSPS) is 27.9. The molecule has 0 saturated carbocycles. The van der Waals surface area contributed by atoms with Crippen LogP contribution in [0.1, 0.15) is 0 Å². The summed E-state index contributed by atoms with van der Waals surface area (Å²) in [5, 5.41) is 8.16. The molecule has 0 amide bonds. The van der Waals surface area contributed by atoms with Gasteiger partial charge in [-0.25, -0.2) is 0 Å². The molecule has 0 aliphatic carbocycles. The zero-order valence-corrected chi connectivity index (χ0v) is 4.96. The van der Waals surface area contributed by atoms with E-state index in [1.165, 1.54) is 0 Å². The van der Waals surface area contributed by atoms with Gasteiger partial charge in [-0.3, -0.25) is 5.32 Å². The van der Waals surface area contributed by atoms with Crippen LogP contribution in [0.4, 0.5) is 0 Å². The van der Waals surface area contributed by atoms with Crippen LogP contribution in [-0.4, -0.2) is 12.5 Å². The molecule has 40 valence electrons. The van der Waals surface area contributed by atoms with Crippen molar-refractivity contribution in [3.63, 3.8) is 0 Å². The molecule has 0 radical (unpaired) electrons. The van der Waals surface area contributed by atoms with Crippen LogP contribution in [0.25, 0.3) is 0 Å². The molecule has 1 heterocycles. The molecule has 1 rings (SSSR count). The topological polar surface area (TPSA) is 24.1 Å². The fourth-order valence-electron chi connectivity index (χ4n) is 0.435. The molecule has 0 aromatic rings. The Morgan fingerprint density at radius 2 is 2.71 bits per heavy atom. The molecule has 0 spiro atoms. The number of hydrogen-bond acceptors (Lipinski definition) is 3. The van der Waals surface area contributed by atoms with Gasteiger partial charge in [-0.15, -0.1) is 0 Å². The molecule has 3 heteroatoms. The van der Waals surface area contributed by atoms with E-state index in [2.05, 4.69) is 10.6 Å². The van der Waals surface area contributed by atoms with E-state index >= 15 is 0 Å². The van der Waals surface area contributed by atoms with Crippen molar-refractivity contribution in [2.75, 3.05) is 7.05 Å². The highest BCUT2D eigenvalue weighted by molar-refractivity contribution is 8.02. The van der Waals surface area contributed by atoms with E-state index in [9.17, 15) is 0 Å². The average molecular weight is 116 g/mol. The molecule has 2 N–H and O–H groups in total. The number of rotatable bonds is 1. The van der Waals surface area contributed by atoms with Gasteiger partial charge in [0, 0.05) is 6.20 Å². The lowest BCUT2D eigenvalue weighted by Crippen LogP contribution is -2.30. The summed E-state index contributed by atoms with van der Waals surface area (Å²) in [4.78, 5) is 0. The first-order chi connectivity index (χ1) is 3.43. The largest absolute Gasteiger partial charge is 0.367 e. The summed E-state index contributed by atoms with van der Waals surface area (Å²) in [5.41, 5.74) is 0.403. The molecule has 0 saturated heterocycles. The van der Waals surface area contributed by atoms with E-state index < -0.39 is 0 Å². The van der Waals surface area contributed by atoms with Crippen molar-refractivity contribution in [1.29, 1.82) is 0 Å². The lowest BCUT2D eigenvalue weighted by atomic mass is 10.9. The van der Waals surface area contributed by atoms with Gasteiger partial charge in [0.15, 0.2) is 0 Å². The molecule has 0 fully saturated rings. The molecular formula is C4H8N2S. The monoisotopic (exact) mass is 116 g/mol. The van der Waals surface area contributed by atoms with Crippen molar-refractivity contribution in [1.82, 2.24) is 10.6 Å². The Kier molecular flexibility index (Phi) is 1.59. The maximum Gasteiger partial charge on any atom is 0.129 e. The fraction of sp³-hybridized carbons (Fsp3) is 0.500. The highest BCUT2D eigenvalue weighted by Gasteiger charge is 2.03. The van der Waals surface area contributed by atoms with Crippen LogP contribution in [0.2, 0.25) is 0 Å². The first-order valence-corrected chi connectivity index (χ1v) is 3.11. The summed E-state index contributed by atoms with van der Waals surface area (Å²) in [6, 6.07) is 0. The summed E-state index contributed by atoms with van der Waals surface area (Å²) >= 11 is 1.74. The third-order valence-electron chi connectivity index (χ3n) is 0.792. The van der Waals surface area contributed by atoms with Gasteiger partial charge in [-0.1, -0.05) is 11.8 Å². The lowest BCUT2D eigenvalue weighted by molar-refractivity contribution is 0.693. The fourth-order valence-corrected chi connectivity index (χ4v) is 1.04. The zero-order valence-electron chi connectivity index (χ0n) is 4.14. The maximum atomic E-state index is 3.08. The molecular weight excluding hydrogens is 108 g/mol. The average Bonchev–Trinajstić information content (AvgIpc) is 2.14. The van der Waals surface area contributed by atoms with Gasteiger partial charge in [0.25, 0.3) is 0 Å². The summed E-state index contributed by atoms with van der Waals surface area (Å²) in [7, 11) is 1.93. The highest BCUT2D eigenvalue weighted by atomic mass is 32.2. The van der Waals surface area contributed by atoms with Gasteiger partial charge in [0.05, 0.1) is 0 Å². The minimum atomic E-state index is 0.403. The Morgan fingerprint density at radius 3 is 3.00 bits per heavy atom. The van der Waals surface area contributed by atoms with Gasteiger partial charge < -0.3 is 5.32 Å². The van der Waals surface area contributed by atoms with E-state index in [1.807, 2.05) is 18.7 Å². The number of thioether (sulfide) groups is 1. The predicted octanol–water partition coefficient (Wildman–Crippen LogP) is 0.297. The second-order valence-corrected chi connectivity index (χ2v) is 2.29. The summed E-state index contributed by atoms with van der Waals surface area (Å²) in [5.74, 6) is 0. The molecule has 1 aliphatic heterocycles. The minimum Gasteiger partial charge on any atom is -0.367 e. The summed E-state index contributed by atoms with van der Waals surface area (Å²) < 4.78 is 0. The molecule has 2 nitrogen and oxygen atoms in total. The molecule has 0 bridgehead atoms. The smallest absolute Gasteiger partial charge is 0.129 e. The second kappa shape index (κ2) is 2.23. The Labute approximate surface area is 47.4 Å². The van der Waals surface area contributed by atoms with Crippen molar-refractivity contribution >= 4 is 11.8 Å². The van der Waals surface area contributed by atoms with E-state index in [0.717, 1.165) is 0 Å². The molecule has 1 atom stereocenters. The molecule has 7 heavy (non-hydrogen) atoms. The summed E-state index contributed by atoms with van der Waals surface area (Å²) in [6.45, 7) is 0. The maximum absolute atomic E-state index is 3.08. The van der Waals surface area contributed by atoms with E-state index in [0.29, 0.717) is 5.50 Å². The lowest BCUT2D eigenvalue weighted by Gasteiger charge is -2.05. The van der Waals surface area contributed by atoms with Crippen LogP contribution in [0.15, 0.2) is 11.6 Å². The van der Waals surface area contributed by atoms with E-state index in [4.69, 9.17) is 0 Å². The highest BCUT2D eigenvalue weighted by Crippen LogP contribution is 2.10. The van der Waals surface area contributed by atoms with Crippen LogP contribution in [-0.2, 0) is 0 Å². The SMILES string of the molecule is CNC1NC=CS1. The third-order valence-corrected chi connectivity index (χ3v) is 1.73.